The molecule has 0 bridgehead atoms. The van der Waals surface area contributed by atoms with Crippen LogP contribution >= 0.6 is 0 Å². The molecule has 4 heteroatoms. The van der Waals surface area contributed by atoms with Gasteiger partial charge in [0.05, 0.1) is 17.1 Å². The molecule has 3 aromatic rings. The molecule has 26 heavy (non-hydrogen) atoms. The molecule has 0 atom stereocenters. The maximum Gasteiger partial charge on any atom is 0.268 e. The SMILES string of the molecule is CC(C)(C)c1ccc(-c2cc(C#N)cc3cc4n(c23)CCNC4=O)cc1. The Morgan fingerprint density at radius 2 is 1.85 bits per heavy atom. The molecule has 0 saturated carbocycles. The summed E-state index contributed by atoms with van der Waals surface area (Å²) in [4.78, 5) is 12.2. The third-order valence-electron chi connectivity index (χ3n) is 5.04. The van der Waals surface area contributed by atoms with Crippen LogP contribution in [-0.4, -0.2) is 17.0 Å². The summed E-state index contributed by atoms with van der Waals surface area (Å²) >= 11 is 0. The standard InChI is InChI=1S/C22H21N3O/c1-22(2,3)17-6-4-15(5-7-17)18-11-14(13-23)10-16-12-19-21(26)24-8-9-25(19)20(16)18/h4-7,10-12H,8-9H2,1-3H3,(H,24,26). The monoisotopic (exact) mass is 343 g/mol. The first kappa shape index (κ1) is 16.4. The number of hydrogen-bond donors (Lipinski definition) is 1. The van der Waals surface area contributed by atoms with Gasteiger partial charge >= 0.3 is 0 Å². The molecular weight excluding hydrogens is 322 g/mol. The number of nitrogens with zero attached hydrogens (tertiary/aromatic N) is 2. The van der Waals surface area contributed by atoms with Crippen LogP contribution in [0.5, 0.6) is 0 Å². The third kappa shape index (κ3) is 2.57. The Hall–Kier alpha value is -3.06. The van der Waals surface area contributed by atoms with Crippen LogP contribution < -0.4 is 5.32 Å². The Labute approximate surface area is 153 Å². The van der Waals surface area contributed by atoms with Crippen LogP contribution in [0.2, 0.25) is 0 Å². The fourth-order valence-electron chi connectivity index (χ4n) is 3.64. The van der Waals surface area contributed by atoms with Crippen molar-refractivity contribution in [3.63, 3.8) is 0 Å². The molecule has 0 spiro atoms. The molecule has 0 unspecified atom stereocenters. The number of rotatable bonds is 1. The van der Waals surface area contributed by atoms with E-state index in [0.29, 0.717) is 17.8 Å². The van der Waals surface area contributed by atoms with Gasteiger partial charge in [0.1, 0.15) is 5.69 Å². The molecule has 1 aromatic heterocycles. The van der Waals surface area contributed by atoms with Crippen molar-refractivity contribution >= 4 is 16.8 Å². The molecular formula is C22H21N3O. The lowest BCUT2D eigenvalue weighted by molar-refractivity contribution is 0.0929. The summed E-state index contributed by atoms with van der Waals surface area (Å²) in [6, 6.07) is 16.4. The summed E-state index contributed by atoms with van der Waals surface area (Å²) in [6.07, 6.45) is 0. The molecule has 4 rings (SSSR count). The molecule has 1 amide bonds. The zero-order valence-electron chi connectivity index (χ0n) is 15.3. The molecule has 0 saturated heterocycles. The number of benzene rings is 2. The van der Waals surface area contributed by atoms with E-state index in [4.69, 9.17) is 0 Å². The fraction of sp³-hybridized carbons (Fsp3) is 0.273. The number of carbonyl (C=O) groups excluding carboxylic acids is 1. The van der Waals surface area contributed by atoms with E-state index in [0.717, 1.165) is 28.6 Å². The Balaban J connectivity index is 1.97. The van der Waals surface area contributed by atoms with E-state index in [1.165, 1.54) is 5.56 Å². The molecule has 0 fully saturated rings. The third-order valence-corrected chi connectivity index (χ3v) is 5.04. The average Bonchev–Trinajstić information content (AvgIpc) is 3.00. The molecule has 0 aliphatic carbocycles. The van der Waals surface area contributed by atoms with Crippen molar-refractivity contribution in [2.75, 3.05) is 6.54 Å². The summed E-state index contributed by atoms with van der Waals surface area (Å²) in [5.74, 6) is -0.0556. The van der Waals surface area contributed by atoms with Crippen LogP contribution in [0.15, 0.2) is 42.5 Å². The highest BCUT2D eigenvalue weighted by atomic mass is 16.2. The lowest BCUT2D eigenvalue weighted by Gasteiger charge is -2.20. The van der Waals surface area contributed by atoms with Gasteiger partial charge in [-0.2, -0.15) is 5.26 Å². The van der Waals surface area contributed by atoms with Crippen LogP contribution in [0, 0.1) is 11.3 Å². The summed E-state index contributed by atoms with van der Waals surface area (Å²) < 4.78 is 2.07. The Morgan fingerprint density at radius 1 is 1.12 bits per heavy atom. The molecule has 4 nitrogen and oxygen atoms in total. The zero-order chi connectivity index (χ0) is 18.5. The highest BCUT2D eigenvalue weighted by molar-refractivity contribution is 6.04. The minimum absolute atomic E-state index is 0.0556. The first-order valence-corrected chi connectivity index (χ1v) is 8.85. The highest BCUT2D eigenvalue weighted by Crippen LogP contribution is 2.34. The van der Waals surface area contributed by atoms with Gasteiger partial charge in [-0.25, -0.2) is 0 Å². The van der Waals surface area contributed by atoms with Crippen LogP contribution in [0.25, 0.3) is 22.0 Å². The molecule has 2 aromatic carbocycles. The van der Waals surface area contributed by atoms with Gasteiger partial charge in [-0.3, -0.25) is 4.79 Å². The predicted octanol–water partition coefficient (Wildman–Crippen LogP) is 4.22. The molecule has 1 aliphatic heterocycles. The lowest BCUT2D eigenvalue weighted by Crippen LogP contribution is -2.34. The second kappa shape index (κ2) is 5.74. The van der Waals surface area contributed by atoms with Crippen LogP contribution in [-0.2, 0) is 12.0 Å². The van der Waals surface area contributed by atoms with E-state index >= 15 is 0 Å². The van der Waals surface area contributed by atoms with Gasteiger partial charge in [0.15, 0.2) is 0 Å². The first-order valence-electron chi connectivity index (χ1n) is 8.85. The number of carbonyl (C=O) groups is 1. The Kier molecular flexibility index (Phi) is 3.62. The molecule has 1 aliphatic rings. The Morgan fingerprint density at radius 3 is 2.50 bits per heavy atom. The minimum Gasteiger partial charge on any atom is -0.349 e. The van der Waals surface area contributed by atoms with Crippen LogP contribution in [0.4, 0.5) is 0 Å². The maximum atomic E-state index is 12.2. The van der Waals surface area contributed by atoms with Crippen molar-refractivity contribution in [2.45, 2.75) is 32.7 Å². The number of nitriles is 1. The second-order valence-corrected chi connectivity index (χ2v) is 7.84. The van der Waals surface area contributed by atoms with E-state index in [1.54, 1.807) is 0 Å². The van der Waals surface area contributed by atoms with Crippen molar-refractivity contribution in [1.82, 2.24) is 9.88 Å². The molecule has 2 heterocycles. The van der Waals surface area contributed by atoms with Crippen molar-refractivity contribution in [3.8, 4) is 17.2 Å². The van der Waals surface area contributed by atoms with Gasteiger partial charge in [0, 0.05) is 24.0 Å². The molecule has 0 radical (unpaired) electrons. The molecule has 130 valence electrons. The van der Waals surface area contributed by atoms with Gasteiger partial charge in [-0.1, -0.05) is 45.0 Å². The Bertz CT molecular complexity index is 1060. The summed E-state index contributed by atoms with van der Waals surface area (Å²) in [7, 11) is 0. The number of nitrogens with one attached hydrogen (secondary N) is 1. The van der Waals surface area contributed by atoms with Crippen molar-refractivity contribution < 1.29 is 4.79 Å². The number of fused-ring (bicyclic) bond motifs is 3. The lowest BCUT2D eigenvalue weighted by atomic mass is 9.86. The van der Waals surface area contributed by atoms with Gasteiger partial charge in [0.25, 0.3) is 5.91 Å². The van der Waals surface area contributed by atoms with E-state index in [2.05, 4.69) is 61.0 Å². The topological polar surface area (TPSA) is 57.8 Å². The summed E-state index contributed by atoms with van der Waals surface area (Å²) in [5.41, 5.74) is 5.72. The number of amides is 1. The van der Waals surface area contributed by atoms with E-state index in [-0.39, 0.29) is 11.3 Å². The van der Waals surface area contributed by atoms with E-state index in [9.17, 15) is 10.1 Å². The number of hydrogen-bond acceptors (Lipinski definition) is 2. The first-order chi connectivity index (χ1) is 12.4. The second-order valence-electron chi connectivity index (χ2n) is 7.84. The molecule has 1 N–H and O–H groups in total. The largest absolute Gasteiger partial charge is 0.349 e. The zero-order valence-corrected chi connectivity index (χ0v) is 15.3. The van der Waals surface area contributed by atoms with Crippen molar-refractivity contribution in [2.24, 2.45) is 0 Å². The quantitative estimate of drug-likeness (QED) is 0.719. The summed E-state index contributed by atoms with van der Waals surface area (Å²) in [5, 5.41) is 13.3. The maximum absolute atomic E-state index is 12.2. The summed E-state index contributed by atoms with van der Waals surface area (Å²) in [6.45, 7) is 7.94. The van der Waals surface area contributed by atoms with Crippen molar-refractivity contribution in [3.05, 3.63) is 59.3 Å². The number of aromatic nitrogens is 1. The van der Waals surface area contributed by atoms with E-state index < -0.39 is 0 Å². The highest BCUT2D eigenvalue weighted by Gasteiger charge is 2.22. The fourth-order valence-corrected chi connectivity index (χ4v) is 3.64. The van der Waals surface area contributed by atoms with Gasteiger partial charge in [0.2, 0.25) is 0 Å². The van der Waals surface area contributed by atoms with Gasteiger partial charge < -0.3 is 9.88 Å². The van der Waals surface area contributed by atoms with Crippen LogP contribution in [0.3, 0.4) is 0 Å². The van der Waals surface area contributed by atoms with Gasteiger partial charge in [-0.05, 0) is 34.7 Å². The minimum atomic E-state index is -0.0556. The van der Waals surface area contributed by atoms with E-state index in [1.807, 2.05) is 18.2 Å². The normalized spacial score (nSPS) is 14.0. The van der Waals surface area contributed by atoms with Gasteiger partial charge in [-0.15, -0.1) is 0 Å². The van der Waals surface area contributed by atoms with Crippen LogP contribution in [0.1, 0.15) is 42.4 Å². The average molecular weight is 343 g/mol. The predicted molar refractivity (Wildman–Crippen MR) is 103 cm³/mol. The smallest absolute Gasteiger partial charge is 0.268 e. The van der Waals surface area contributed by atoms with Crippen molar-refractivity contribution in [1.29, 1.82) is 5.26 Å².